The second-order valence-corrected chi connectivity index (χ2v) is 7.71. The van der Waals surface area contributed by atoms with E-state index in [0.29, 0.717) is 11.3 Å². The van der Waals surface area contributed by atoms with E-state index in [1.807, 2.05) is 0 Å². The van der Waals surface area contributed by atoms with Crippen molar-refractivity contribution in [1.82, 2.24) is 9.78 Å². The zero-order valence-electron chi connectivity index (χ0n) is 20.4. The Morgan fingerprint density at radius 1 is 1.00 bits per heavy atom. The number of aromatic nitrogens is 2. The lowest BCUT2D eigenvalue weighted by atomic mass is 10.0. The number of carbonyl (C=O) groups is 3. The molecule has 0 saturated heterocycles. The first kappa shape index (κ1) is 26.6. The van der Waals surface area contributed by atoms with E-state index in [4.69, 9.17) is 35.3 Å². The minimum absolute atomic E-state index is 0.0800. The highest BCUT2D eigenvalue weighted by molar-refractivity contribution is 6.32. The second-order valence-electron chi connectivity index (χ2n) is 7.30. The van der Waals surface area contributed by atoms with Crippen molar-refractivity contribution in [3.63, 3.8) is 0 Å². The number of ether oxygens (including phenoxy) is 5. The summed E-state index contributed by atoms with van der Waals surface area (Å²) in [6, 6.07) is 11.8. The Kier molecular flexibility index (Phi) is 8.55. The van der Waals surface area contributed by atoms with Gasteiger partial charge in [0.1, 0.15) is 11.3 Å². The molecular formula is C25H25ClN2O8. The zero-order chi connectivity index (χ0) is 26.4. The van der Waals surface area contributed by atoms with E-state index >= 15 is 0 Å². The molecule has 0 aliphatic rings. The van der Waals surface area contributed by atoms with Crippen LogP contribution >= 0.6 is 11.6 Å². The topological polar surface area (TPSA) is 115 Å². The van der Waals surface area contributed by atoms with Gasteiger partial charge in [-0.05, 0) is 38.1 Å². The third-order valence-electron chi connectivity index (χ3n) is 5.06. The summed E-state index contributed by atoms with van der Waals surface area (Å²) in [5.74, 6) is -1.90. The van der Waals surface area contributed by atoms with Crippen molar-refractivity contribution in [2.45, 2.75) is 20.0 Å². The smallest absolute Gasteiger partial charge is 0.357 e. The van der Waals surface area contributed by atoms with Crippen molar-refractivity contribution < 1.29 is 38.1 Å². The van der Waals surface area contributed by atoms with Crippen LogP contribution in [-0.4, -0.2) is 61.7 Å². The molecule has 10 nitrogen and oxygen atoms in total. The predicted molar refractivity (Wildman–Crippen MR) is 130 cm³/mol. The lowest BCUT2D eigenvalue weighted by Crippen LogP contribution is -2.25. The van der Waals surface area contributed by atoms with E-state index in [0.717, 1.165) is 0 Å². The maximum Gasteiger partial charge on any atom is 0.357 e. The van der Waals surface area contributed by atoms with Crippen LogP contribution in [0.1, 0.15) is 34.7 Å². The summed E-state index contributed by atoms with van der Waals surface area (Å²) in [5, 5.41) is 4.63. The third kappa shape index (κ3) is 5.28. The van der Waals surface area contributed by atoms with Gasteiger partial charge in [0.15, 0.2) is 23.3 Å². The molecule has 0 N–H and O–H groups in total. The Morgan fingerprint density at radius 2 is 1.67 bits per heavy atom. The monoisotopic (exact) mass is 516 g/mol. The standard InChI is InChI=1S/C25H25ClN2O8/c1-6-35-18-13-15(12-17(26)22(18)36-14(2)23(29)32-3)20-19(24(30)33-4)21(25(31)34-5)28(27-20)16-10-8-7-9-11-16/h7-14H,6H2,1-5H3. The van der Waals surface area contributed by atoms with Gasteiger partial charge in [-0.1, -0.05) is 29.8 Å². The van der Waals surface area contributed by atoms with Crippen LogP contribution in [0.5, 0.6) is 11.5 Å². The van der Waals surface area contributed by atoms with Crippen molar-refractivity contribution in [3.05, 3.63) is 58.7 Å². The molecule has 0 saturated carbocycles. The minimum atomic E-state index is -0.966. The van der Waals surface area contributed by atoms with Crippen LogP contribution in [0.2, 0.25) is 5.02 Å². The molecule has 190 valence electrons. The first-order chi connectivity index (χ1) is 17.3. The fraction of sp³-hybridized carbons (Fsp3) is 0.280. The first-order valence-corrected chi connectivity index (χ1v) is 11.2. The van der Waals surface area contributed by atoms with Crippen LogP contribution in [0.25, 0.3) is 16.9 Å². The van der Waals surface area contributed by atoms with Crippen molar-refractivity contribution in [3.8, 4) is 28.4 Å². The number of benzene rings is 2. The summed E-state index contributed by atoms with van der Waals surface area (Å²) >= 11 is 6.53. The number of carbonyl (C=O) groups excluding carboxylic acids is 3. The molecule has 1 unspecified atom stereocenters. The maximum absolute atomic E-state index is 12.9. The Balaban J connectivity index is 2.28. The Bertz CT molecular complexity index is 1270. The quantitative estimate of drug-likeness (QED) is 0.306. The molecule has 0 aliphatic carbocycles. The average molecular weight is 517 g/mol. The Morgan fingerprint density at radius 3 is 2.25 bits per heavy atom. The second kappa shape index (κ2) is 11.6. The lowest BCUT2D eigenvalue weighted by Gasteiger charge is -2.18. The van der Waals surface area contributed by atoms with E-state index in [1.165, 1.54) is 39.0 Å². The summed E-state index contributed by atoms with van der Waals surface area (Å²) in [6.45, 7) is 3.51. The molecule has 0 amide bonds. The molecule has 1 aromatic heterocycles. The molecule has 0 fully saturated rings. The van der Waals surface area contributed by atoms with Crippen molar-refractivity contribution in [2.24, 2.45) is 0 Å². The van der Waals surface area contributed by atoms with Gasteiger partial charge in [0, 0.05) is 5.56 Å². The number of methoxy groups -OCH3 is 3. The summed E-state index contributed by atoms with van der Waals surface area (Å²) in [7, 11) is 3.63. The van der Waals surface area contributed by atoms with Crippen LogP contribution in [0, 0.1) is 0 Å². The molecule has 2 aromatic carbocycles. The van der Waals surface area contributed by atoms with Gasteiger partial charge < -0.3 is 23.7 Å². The molecule has 11 heteroatoms. The Hall–Kier alpha value is -4.05. The highest BCUT2D eigenvalue weighted by Gasteiger charge is 2.32. The fourth-order valence-corrected chi connectivity index (χ4v) is 3.68. The molecule has 1 heterocycles. The number of hydrogen-bond acceptors (Lipinski definition) is 9. The minimum Gasteiger partial charge on any atom is -0.490 e. The van der Waals surface area contributed by atoms with Gasteiger partial charge in [0.25, 0.3) is 0 Å². The maximum atomic E-state index is 12.9. The number of hydrogen-bond donors (Lipinski definition) is 0. The number of para-hydroxylation sites is 1. The molecule has 0 aliphatic heterocycles. The van der Waals surface area contributed by atoms with Crippen molar-refractivity contribution >= 4 is 29.5 Å². The molecule has 3 aromatic rings. The summed E-state index contributed by atoms with van der Waals surface area (Å²) in [4.78, 5) is 37.5. The zero-order valence-corrected chi connectivity index (χ0v) is 21.1. The number of rotatable bonds is 9. The van der Waals surface area contributed by atoms with Crippen LogP contribution in [0.4, 0.5) is 0 Å². The molecule has 36 heavy (non-hydrogen) atoms. The van der Waals surface area contributed by atoms with E-state index in [2.05, 4.69) is 5.10 Å². The first-order valence-electron chi connectivity index (χ1n) is 10.8. The average Bonchev–Trinajstić information content (AvgIpc) is 3.30. The van der Waals surface area contributed by atoms with Gasteiger partial charge in [0.2, 0.25) is 0 Å². The van der Waals surface area contributed by atoms with Gasteiger partial charge in [0.05, 0.1) is 38.6 Å². The highest BCUT2D eigenvalue weighted by Crippen LogP contribution is 2.41. The number of nitrogens with zero attached hydrogens (tertiary/aromatic N) is 2. The van der Waals surface area contributed by atoms with E-state index < -0.39 is 24.0 Å². The summed E-state index contributed by atoms with van der Waals surface area (Å²) in [5.41, 5.74) is 0.697. The van der Waals surface area contributed by atoms with Gasteiger partial charge in [-0.3, -0.25) is 0 Å². The van der Waals surface area contributed by atoms with E-state index in [9.17, 15) is 14.4 Å². The lowest BCUT2D eigenvalue weighted by molar-refractivity contribution is -0.147. The van der Waals surface area contributed by atoms with Crippen LogP contribution in [-0.2, 0) is 19.0 Å². The van der Waals surface area contributed by atoms with Gasteiger partial charge in [-0.2, -0.15) is 5.10 Å². The summed E-state index contributed by atoms with van der Waals surface area (Å²) in [6.07, 6.45) is -0.966. The van der Waals surface area contributed by atoms with Crippen LogP contribution in [0.3, 0.4) is 0 Å². The van der Waals surface area contributed by atoms with Crippen molar-refractivity contribution in [1.29, 1.82) is 0 Å². The highest BCUT2D eigenvalue weighted by atomic mass is 35.5. The molecule has 0 bridgehead atoms. The largest absolute Gasteiger partial charge is 0.490 e. The summed E-state index contributed by atoms with van der Waals surface area (Å²) < 4.78 is 27.3. The van der Waals surface area contributed by atoms with E-state index in [1.54, 1.807) is 43.3 Å². The fourth-order valence-electron chi connectivity index (χ4n) is 3.43. The SMILES string of the molecule is CCOc1cc(-c2nn(-c3ccccc3)c(C(=O)OC)c2C(=O)OC)cc(Cl)c1OC(C)C(=O)OC. The Labute approximate surface area is 212 Å². The van der Waals surface area contributed by atoms with Gasteiger partial charge >= 0.3 is 17.9 Å². The molecule has 0 spiro atoms. The van der Waals surface area contributed by atoms with Gasteiger partial charge in [-0.15, -0.1) is 0 Å². The van der Waals surface area contributed by atoms with E-state index in [-0.39, 0.29) is 40.1 Å². The number of halogens is 1. The van der Waals surface area contributed by atoms with Crippen molar-refractivity contribution in [2.75, 3.05) is 27.9 Å². The number of esters is 3. The molecular weight excluding hydrogens is 492 g/mol. The van der Waals surface area contributed by atoms with Gasteiger partial charge in [-0.25, -0.2) is 19.1 Å². The predicted octanol–water partition coefficient (Wildman–Crippen LogP) is 4.10. The molecule has 3 rings (SSSR count). The molecule has 1 atom stereocenters. The third-order valence-corrected chi connectivity index (χ3v) is 5.35. The normalized spacial score (nSPS) is 11.4. The van der Waals surface area contributed by atoms with Crippen LogP contribution < -0.4 is 9.47 Å². The van der Waals surface area contributed by atoms with Crippen LogP contribution in [0.15, 0.2) is 42.5 Å². The molecule has 0 radical (unpaired) electrons.